The summed E-state index contributed by atoms with van der Waals surface area (Å²) in [5.41, 5.74) is 0. The van der Waals surface area contributed by atoms with Gasteiger partial charge in [0.05, 0.1) is 0 Å². The zero-order valence-corrected chi connectivity index (χ0v) is 12.2. The van der Waals surface area contributed by atoms with E-state index in [4.69, 9.17) is 0 Å². The van der Waals surface area contributed by atoms with Crippen LogP contribution in [-0.4, -0.2) is 36.1 Å². The normalized spacial score (nSPS) is 45.3. The summed E-state index contributed by atoms with van der Waals surface area (Å²) in [5, 5.41) is 3.76. The molecule has 0 aromatic rings. The van der Waals surface area contributed by atoms with Crippen molar-refractivity contribution in [2.45, 2.75) is 76.9 Å². The highest BCUT2D eigenvalue weighted by molar-refractivity contribution is 4.92. The van der Waals surface area contributed by atoms with E-state index in [2.05, 4.69) is 24.1 Å². The molecule has 0 saturated carbocycles. The van der Waals surface area contributed by atoms with Crippen LogP contribution in [0, 0.1) is 11.8 Å². The maximum absolute atomic E-state index is 3.76. The number of hydrogen-bond acceptors (Lipinski definition) is 2. The van der Waals surface area contributed by atoms with Crippen molar-refractivity contribution >= 4 is 0 Å². The van der Waals surface area contributed by atoms with E-state index in [9.17, 15) is 0 Å². The first kappa shape index (κ1) is 12.9. The minimum Gasteiger partial charge on any atom is -0.311 e. The molecule has 3 fully saturated rings. The number of hydrogen-bond donors (Lipinski definition) is 1. The van der Waals surface area contributed by atoms with Crippen LogP contribution in [0.2, 0.25) is 0 Å². The van der Waals surface area contributed by atoms with E-state index in [1.165, 1.54) is 58.0 Å². The minimum absolute atomic E-state index is 0.826. The summed E-state index contributed by atoms with van der Waals surface area (Å²) in [6.45, 7) is 7.55. The van der Waals surface area contributed by atoms with Gasteiger partial charge in [-0.2, -0.15) is 0 Å². The van der Waals surface area contributed by atoms with E-state index in [-0.39, 0.29) is 0 Å². The lowest BCUT2D eigenvalue weighted by Gasteiger charge is -2.38. The van der Waals surface area contributed by atoms with Gasteiger partial charge in [-0.3, -0.25) is 0 Å². The largest absolute Gasteiger partial charge is 0.311 e. The Bertz CT molecular complexity index is 266. The molecule has 0 aromatic carbocycles. The molecule has 0 amide bonds. The van der Waals surface area contributed by atoms with E-state index in [1.807, 2.05) is 0 Å². The summed E-state index contributed by atoms with van der Waals surface area (Å²) in [7, 11) is 0. The molecule has 0 aromatic heterocycles. The van der Waals surface area contributed by atoms with E-state index in [1.54, 1.807) is 0 Å². The molecule has 0 radical (unpaired) electrons. The Labute approximate surface area is 113 Å². The lowest BCUT2D eigenvalue weighted by atomic mass is 9.88. The highest BCUT2D eigenvalue weighted by Gasteiger charge is 2.33. The molecule has 2 bridgehead atoms. The smallest absolute Gasteiger partial charge is 0.00728 e. The number of nitrogens with zero attached hydrogens (tertiary/aromatic N) is 1. The minimum atomic E-state index is 0.826. The zero-order valence-electron chi connectivity index (χ0n) is 12.2. The van der Waals surface area contributed by atoms with Gasteiger partial charge in [-0.1, -0.05) is 6.92 Å². The van der Waals surface area contributed by atoms with Gasteiger partial charge in [0.25, 0.3) is 0 Å². The molecule has 0 aliphatic carbocycles. The van der Waals surface area contributed by atoms with Gasteiger partial charge in [0.2, 0.25) is 0 Å². The first-order valence-corrected chi connectivity index (χ1v) is 8.21. The average Bonchev–Trinajstić information content (AvgIpc) is 2.68. The lowest BCUT2D eigenvalue weighted by molar-refractivity contribution is 0.116. The summed E-state index contributed by atoms with van der Waals surface area (Å²) in [5.74, 6) is 1.96. The molecule has 0 spiro atoms. The third kappa shape index (κ3) is 2.91. The maximum atomic E-state index is 3.76. The van der Waals surface area contributed by atoms with Crippen LogP contribution in [0.25, 0.3) is 0 Å². The van der Waals surface area contributed by atoms with Gasteiger partial charge in [0.15, 0.2) is 0 Å². The number of piperidine rings is 2. The topological polar surface area (TPSA) is 15.3 Å². The standard InChI is InChI=1S/C16H30N2/c1-12-5-7-18(13(2)9-12)8-6-14-10-15-3-4-16(11-14)17-15/h12-17H,3-11H2,1-2H3. The monoisotopic (exact) mass is 250 g/mol. The highest BCUT2D eigenvalue weighted by atomic mass is 15.2. The molecule has 104 valence electrons. The summed E-state index contributed by atoms with van der Waals surface area (Å²) in [6, 6.07) is 2.56. The molecule has 4 unspecified atom stereocenters. The van der Waals surface area contributed by atoms with Crippen LogP contribution in [0.4, 0.5) is 0 Å². The maximum Gasteiger partial charge on any atom is 0.00728 e. The Morgan fingerprint density at radius 2 is 1.72 bits per heavy atom. The van der Waals surface area contributed by atoms with Crippen molar-refractivity contribution in [2.75, 3.05) is 13.1 Å². The van der Waals surface area contributed by atoms with E-state index < -0.39 is 0 Å². The Kier molecular flexibility index (Phi) is 3.95. The highest BCUT2D eigenvalue weighted by Crippen LogP contribution is 2.33. The van der Waals surface area contributed by atoms with Crippen LogP contribution in [-0.2, 0) is 0 Å². The van der Waals surface area contributed by atoms with Crippen molar-refractivity contribution in [1.29, 1.82) is 0 Å². The molecule has 1 N–H and O–H groups in total. The summed E-state index contributed by atoms with van der Waals surface area (Å²) in [4.78, 5) is 2.75. The first-order valence-electron chi connectivity index (χ1n) is 8.21. The summed E-state index contributed by atoms with van der Waals surface area (Å²) >= 11 is 0. The van der Waals surface area contributed by atoms with Crippen molar-refractivity contribution in [3.05, 3.63) is 0 Å². The fraction of sp³-hybridized carbons (Fsp3) is 1.00. The third-order valence-electron chi connectivity index (χ3n) is 5.67. The Morgan fingerprint density at radius 3 is 2.39 bits per heavy atom. The molecule has 2 nitrogen and oxygen atoms in total. The number of nitrogens with one attached hydrogen (secondary N) is 1. The molecule has 3 aliphatic rings. The number of fused-ring (bicyclic) bond motifs is 2. The van der Waals surface area contributed by atoms with Crippen LogP contribution in [0.15, 0.2) is 0 Å². The molecular formula is C16H30N2. The van der Waals surface area contributed by atoms with Gasteiger partial charge >= 0.3 is 0 Å². The van der Waals surface area contributed by atoms with Crippen molar-refractivity contribution in [2.24, 2.45) is 11.8 Å². The van der Waals surface area contributed by atoms with Crippen molar-refractivity contribution < 1.29 is 0 Å². The summed E-state index contributed by atoms with van der Waals surface area (Å²) in [6.07, 6.45) is 10.1. The van der Waals surface area contributed by atoms with Crippen molar-refractivity contribution in [3.8, 4) is 0 Å². The van der Waals surface area contributed by atoms with Gasteiger partial charge in [-0.05, 0) is 76.8 Å². The van der Waals surface area contributed by atoms with Crippen molar-refractivity contribution in [1.82, 2.24) is 10.2 Å². The zero-order chi connectivity index (χ0) is 12.5. The molecule has 3 heterocycles. The Morgan fingerprint density at radius 1 is 1.00 bits per heavy atom. The predicted molar refractivity (Wildman–Crippen MR) is 76.7 cm³/mol. The number of likely N-dealkylation sites (tertiary alicyclic amines) is 1. The second-order valence-corrected chi connectivity index (χ2v) is 7.28. The Hall–Kier alpha value is -0.0800. The van der Waals surface area contributed by atoms with Crippen LogP contribution >= 0.6 is 0 Å². The van der Waals surface area contributed by atoms with Gasteiger partial charge in [0, 0.05) is 18.1 Å². The van der Waals surface area contributed by atoms with Crippen LogP contribution in [0.3, 0.4) is 0 Å². The SMILES string of the molecule is CC1CCN(CCC2CC3CCC(C2)N3)C(C)C1. The van der Waals surface area contributed by atoms with Gasteiger partial charge in [-0.15, -0.1) is 0 Å². The van der Waals surface area contributed by atoms with Crippen molar-refractivity contribution in [3.63, 3.8) is 0 Å². The van der Waals surface area contributed by atoms with Crippen LogP contribution < -0.4 is 5.32 Å². The van der Waals surface area contributed by atoms with E-state index in [0.29, 0.717) is 0 Å². The van der Waals surface area contributed by atoms with E-state index in [0.717, 1.165) is 30.0 Å². The van der Waals surface area contributed by atoms with Crippen LogP contribution in [0.1, 0.15) is 58.8 Å². The van der Waals surface area contributed by atoms with Gasteiger partial charge in [0.1, 0.15) is 0 Å². The molecule has 3 saturated heterocycles. The molecule has 3 aliphatic heterocycles. The van der Waals surface area contributed by atoms with Gasteiger partial charge in [-0.25, -0.2) is 0 Å². The second-order valence-electron chi connectivity index (χ2n) is 7.28. The average molecular weight is 250 g/mol. The quantitative estimate of drug-likeness (QED) is 0.828. The predicted octanol–water partition coefficient (Wildman–Crippen LogP) is 3.03. The molecule has 4 atom stereocenters. The fourth-order valence-corrected chi connectivity index (χ4v) is 4.55. The number of rotatable bonds is 3. The lowest BCUT2D eigenvalue weighted by Crippen LogP contribution is -2.43. The third-order valence-corrected chi connectivity index (χ3v) is 5.67. The van der Waals surface area contributed by atoms with Gasteiger partial charge < -0.3 is 10.2 Å². The molecule has 2 heteroatoms. The fourth-order valence-electron chi connectivity index (χ4n) is 4.55. The van der Waals surface area contributed by atoms with Crippen LogP contribution in [0.5, 0.6) is 0 Å². The molecule has 3 rings (SSSR count). The summed E-state index contributed by atoms with van der Waals surface area (Å²) < 4.78 is 0. The molecule has 18 heavy (non-hydrogen) atoms. The molecular weight excluding hydrogens is 220 g/mol. The first-order chi connectivity index (χ1) is 8.70. The Balaban J connectivity index is 1.44. The second kappa shape index (κ2) is 5.50. The van der Waals surface area contributed by atoms with E-state index >= 15 is 0 Å².